The molecule has 1 aromatic heterocycles. The predicted octanol–water partition coefficient (Wildman–Crippen LogP) is 2.41. The van der Waals surface area contributed by atoms with Crippen LogP contribution in [0.15, 0.2) is 27.8 Å². The summed E-state index contributed by atoms with van der Waals surface area (Å²) in [5.41, 5.74) is 4.38. The van der Waals surface area contributed by atoms with Gasteiger partial charge in [0.25, 0.3) is 5.91 Å². The quantitative estimate of drug-likeness (QED) is 0.455. The number of phenols is 1. The molecule has 29 heavy (non-hydrogen) atoms. The largest absolute Gasteiger partial charge is 0.503 e. The molecule has 0 aliphatic rings. The predicted molar refractivity (Wildman–Crippen MR) is 108 cm³/mol. The Labute approximate surface area is 176 Å². The van der Waals surface area contributed by atoms with Gasteiger partial charge in [-0.15, -0.1) is 0 Å². The molecule has 152 valence electrons. The van der Waals surface area contributed by atoms with Crippen LogP contribution in [0.2, 0.25) is 0 Å². The number of aryl methyl sites for hydroxylation is 1. The molecule has 0 fully saturated rings. The molecule has 1 amide bonds. The number of phenolic OH excluding ortho intramolecular Hbond substituents is 1. The van der Waals surface area contributed by atoms with Crippen LogP contribution in [0.4, 0.5) is 0 Å². The van der Waals surface area contributed by atoms with Crippen molar-refractivity contribution in [1.29, 1.82) is 5.26 Å². The second kappa shape index (κ2) is 10.4. The van der Waals surface area contributed by atoms with E-state index in [9.17, 15) is 15.2 Å². The monoisotopic (exact) mass is 462 g/mol. The molecule has 2 rings (SSSR count). The molecule has 0 saturated heterocycles. The molecule has 2 aromatic rings. The van der Waals surface area contributed by atoms with E-state index in [1.165, 1.54) is 20.4 Å². The van der Waals surface area contributed by atoms with Crippen molar-refractivity contribution in [3.63, 3.8) is 0 Å². The van der Waals surface area contributed by atoms with Gasteiger partial charge in [-0.25, -0.2) is 10.4 Å². The Bertz CT molecular complexity index is 972. The third-order valence-electron chi connectivity index (χ3n) is 3.62. The molecular weight excluding hydrogens is 444 g/mol. The lowest BCUT2D eigenvalue weighted by Crippen LogP contribution is -2.25. The molecular formula is C19H19BrN4O5. The van der Waals surface area contributed by atoms with Crippen molar-refractivity contribution in [2.75, 3.05) is 20.8 Å². The van der Waals surface area contributed by atoms with Gasteiger partial charge in [0.2, 0.25) is 5.88 Å². The van der Waals surface area contributed by atoms with Crippen LogP contribution in [-0.2, 0) is 16.1 Å². The number of carbonyl (C=O) groups is 1. The third-order valence-corrected chi connectivity index (χ3v) is 4.23. The van der Waals surface area contributed by atoms with Crippen LogP contribution in [0.5, 0.6) is 17.4 Å². The Hall–Kier alpha value is -3.16. The molecule has 0 saturated carbocycles. The van der Waals surface area contributed by atoms with Gasteiger partial charge in [-0.1, -0.05) is 0 Å². The van der Waals surface area contributed by atoms with Crippen LogP contribution in [0.1, 0.15) is 22.4 Å². The van der Waals surface area contributed by atoms with Crippen molar-refractivity contribution in [2.24, 2.45) is 5.10 Å². The Morgan fingerprint density at radius 3 is 2.83 bits per heavy atom. The first-order chi connectivity index (χ1) is 13.9. The highest BCUT2D eigenvalue weighted by molar-refractivity contribution is 9.10. The van der Waals surface area contributed by atoms with Gasteiger partial charge in [0, 0.05) is 18.4 Å². The van der Waals surface area contributed by atoms with Gasteiger partial charge < -0.3 is 19.3 Å². The fourth-order valence-electron chi connectivity index (χ4n) is 2.37. The van der Waals surface area contributed by atoms with Crippen LogP contribution in [0.3, 0.4) is 0 Å². The zero-order valence-electron chi connectivity index (χ0n) is 16.0. The normalized spacial score (nSPS) is 10.6. The van der Waals surface area contributed by atoms with Gasteiger partial charge in [0.05, 0.1) is 24.4 Å². The van der Waals surface area contributed by atoms with Crippen LogP contribution in [-0.4, -0.2) is 43.0 Å². The topological polar surface area (TPSA) is 126 Å². The number of carbonyl (C=O) groups excluding carboxylic acids is 1. The molecule has 0 radical (unpaired) electrons. The average molecular weight is 463 g/mol. The van der Waals surface area contributed by atoms with E-state index in [4.69, 9.17) is 14.2 Å². The number of methoxy groups -OCH3 is 2. The number of hydrogen-bond acceptors (Lipinski definition) is 8. The molecule has 0 spiro atoms. The number of hydrogen-bond donors (Lipinski definition) is 2. The van der Waals surface area contributed by atoms with Crippen molar-refractivity contribution >= 4 is 28.1 Å². The lowest BCUT2D eigenvalue weighted by molar-refractivity contribution is -0.123. The minimum atomic E-state index is -0.536. The van der Waals surface area contributed by atoms with Crippen LogP contribution < -0.4 is 14.9 Å². The number of nitrogens with zero attached hydrogens (tertiary/aromatic N) is 3. The summed E-state index contributed by atoms with van der Waals surface area (Å²) in [6.45, 7) is 1.60. The van der Waals surface area contributed by atoms with Crippen molar-refractivity contribution in [2.45, 2.75) is 13.5 Å². The molecule has 0 atom stereocenters. The van der Waals surface area contributed by atoms with Gasteiger partial charge in [0.15, 0.2) is 18.1 Å². The lowest BCUT2D eigenvalue weighted by atomic mass is 10.1. The van der Waals surface area contributed by atoms with Gasteiger partial charge in [-0.05, 0) is 46.6 Å². The van der Waals surface area contributed by atoms with Gasteiger partial charge in [-0.3, -0.25) is 4.79 Å². The highest BCUT2D eigenvalue weighted by Gasteiger charge is 2.14. The minimum absolute atomic E-state index is 0.0334. The number of aromatic nitrogens is 1. The number of ether oxygens (including phenoxy) is 3. The van der Waals surface area contributed by atoms with E-state index >= 15 is 0 Å². The number of rotatable bonds is 8. The Morgan fingerprint density at radius 2 is 2.17 bits per heavy atom. The summed E-state index contributed by atoms with van der Waals surface area (Å²) in [7, 11) is 2.94. The van der Waals surface area contributed by atoms with Crippen molar-refractivity contribution in [3.8, 4) is 23.4 Å². The Balaban J connectivity index is 2.02. The fraction of sp³-hybridized carbons (Fsp3) is 0.263. The number of pyridine rings is 1. The first-order valence-corrected chi connectivity index (χ1v) is 9.09. The first kappa shape index (κ1) is 22.1. The maximum absolute atomic E-state index is 12.0. The Kier molecular flexibility index (Phi) is 7.94. The van der Waals surface area contributed by atoms with Crippen LogP contribution in [0, 0.1) is 18.3 Å². The van der Waals surface area contributed by atoms with Gasteiger partial charge in [0.1, 0.15) is 11.6 Å². The SMILES string of the molecule is COCc1cc(C)nc(OCC(=O)N/N=C\c2cc(Br)c(O)c(OC)c2)c1C#N. The summed E-state index contributed by atoms with van der Waals surface area (Å²) in [4.78, 5) is 16.1. The van der Waals surface area contributed by atoms with Crippen LogP contribution in [0.25, 0.3) is 0 Å². The van der Waals surface area contributed by atoms with Gasteiger partial charge >= 0.3 is 0 Å². The van der Waals surface area contributed by atoms with Crippen molar-refractivity contribution in [3.05, 3.63) is 45.1 Å². The van der Waals surface area contributed by atoms with Crippen molar-refractivity contribution < 1.29 is 24.1 Å². The lowest BCUT2D eigenvalue weighted by Gasteiger charge is -2.10. The summed E-state index contributed by atoms with van der Waals surface area (Å²) in [6.07, 6.45) is 1.38. The summed E-state index contributed by atoms with van der Waals surface area (Å²) in [6, 6.07) is 6.91. The summed E-state index contributed by atoms with van der Waals surface area (Å²) in [5.74, 6) is -0.247. The number of aromatic hydroxyl groups is 1. The fourth-order valence-corrected chi connectivity index (χ4v) is 2.83. The molecule has 9 nitrogen and oxygen atoms in total. The number of halogens is 1. The summed E-state index contributed by atoms with van der Waals surface area (Å²) in [5, 5.41) is 23.0. The second-order valence-electron chi connectivity index (χ2n) is 5.78. The van der Waals surface area contributed by atoms with E-state index in [0.717, 1.165) is 0 Å². The molecule has 0 unspecified atom stereocenters. The minimum Gasteiger partial charge on any atom is -0.503 e. The van der Waals surface area contributed by atoms with E-state index < -0.39 is 5.91 Å². The standard InChI is InChI=1S/C19H19BrN4O5/c1-11-4-13(9-27-2)14(7-21)19(23-11)29-10-17(25)24-22-8-12-5-15(20)18(26)16(6-12)28-3/h4-6,8,26H,9-10H2,1-3H3,(H,24,25)/b22-8-. The molecule has 0 bridgehead atoms. The molecule has 0 aliphatic heterocycles. The van der Waals surface area contributed by atoms with Gasteiger partial charge in [-0.2, -0.15) is 10.4 Å². The van der Waals surface area contributed by atoms with E-state index in [2.05, 4.69) is 31.4 Å². The molecule has 1 heterocycles. The maximum Gasteiger partial charge on any atom is 0.278 e. The second-order valence-corrected chi connectivity index (χ2v) is 6.64. The number of amides is 1. The average Bonchev–Trinajstić information content (AvgIpc) is 2.69. The zero-order chi connectivity index (χ0) is 21.4. The van der Waals surface area contributed by atoms with E-state index in [0.29, 0.717) is 21.3 Å². The van der Waals surface area contributed by atoms with Crippen LogP contribution >= 0.6 is 15.9 Å². The van der Waals surface area contributed by atoms with E-state index in [1.54, 1.807) is 25.1 Å². The smallest absolute Gasteiger partial charge is 0.278 e. The maximum atomic E-state index is 12.0. The highest BCUT2D eigenvalue weighted by Crippen LogP contribution is 2.34. The highest BCUT2D eigenvalue weighted by atomic mass is 79.9. The third kappa shape index (κ3) is 5.91. The molecule has 0 aliphatic carbocycles. The Morgan fingerprint density at radius 1 is 1.41 bits per heavy atom. The number of hydrazone groups is 1. The van der Waals surface area contributed by atoms with Crippen molar-refractivity contribution in [1.82, 2.24) is 10.4 Å². The number of nitrogens with one attached hydrogen (secondary N) is 1. The summed E-state index contributed by atoms with van der Waals surface area (Å²) >= 11 is 3.20. The zero-order valence-corrected chi connectivity index (χ0v) is 17.6. The summed E-state index contributed by atoms with van der Waals surface area (Å²) < 4.78 is 15.9. The number of nitriles is 1. The van der Waals surface area contributed by atoms with E-state index in [1.807, 2.05) is 6.07 Å². The molecule has 1 aromatic carbocycles. The first-order valence-electron chi connectivity index (χ1n) is 8.30. The molecule has 2 N–H and O–H groups in total. The molecule has 10 heteroatoms. The van der Waals surface area contributed by atoms with E-state index in [-0.39, 0.29) is 36.2 Å². The number of benzene rings is 1.